The molecule has 0 fully saturated rings. The number of anilines is 1. The Kier molecular flexibility index (Phi) is 3.62. The van der Waals surface area contributed by atoms with Gasteiger partial charge in [0.15, 0.2) is 0 Å². The van der Waals surface area contributed by atoms with Gasteiger partial charge in [0.25, 0.3) is 5.91 Å². The maximum atomic E-state index is 12.3. The Morgan fingerprint density at radius 3 is 2.86 bits per heavy atom. The highest BCUT2D eigenvalue weighted by Crippen LogP contribution is 2.16. The van der Waals surface area contributed by atoms with Gasteiger partial charge in [-0.05, 0) is 50.1 Å². The first-order valence-corrected chi connectivity index (χ1v) is 6.95. The number of carbonyl (C=O) groups is 1. The highest BCUT2D eigenvalue weighted by molar-refractivity contribution is 6.03. The van der Waals surface area contributed by atoms with E-state index in [1.54, 1.807) is 0 Å². The normalized spacial score (nSPS) is 13.6. The monoisotopic (exact) mass is 283 g/mol. The van der Waals surface area contributed by atoms with E-state index in [2.05, 4.69) is 25.8 Å². The van der Waals surface area contributed by atoms with E-state index in [-0.39, 0.29) is 11.9 Å². The molecule has 0 aliphatic carbocycles. The zero-order valence-corrected chi connectivity index (χ0v) is 12.1. The number of rotatable bonds is 2. The molecule has 1 amide bonds. The maximum absolute atomic E-state index is 12.3. The summed E-state index contributed by atoms with van der Waals surface area (Å²) in [5.41, 5.74) is 4.60. The molecular weight excluding hydrogens is 266 g/mol. The fraction of sp³-hybridized carbons (Fsp3) is 0.333. The summed E-state index contributed by atoms with van der Waals surface area (Å²) in [6.07, 6.45) is 1.00. The molecule has 108 valence electrons. The van der Waals surface area contributed by atoms with Crippen LogP contribution in [0.5, 0.6) is 0 Å². The van der Waals surface area contributed by atoms with E-state index in [0.717, 1.165) is 30.9 Å². The van der Waals surface area contributed by atoms with Crippen LogP contribution in [-0.4, -0.2) is 27.6 Å². The summed E-state index contributed by atoms with van der Waals surface area (Å²) in [4.78, 5) is 16.5. The quantitative estimate of drug-likeness (QED) is 0.870. The van der Waals surface area contributed by atoms with Crippen molar-refractivity contribution in [1.29, 1.82) is 0 Å². The van der Waals surface area contributed by atoms with E-state index in [4.69, 9.17) is 0 Å². The summed E-state index contributed by atoms with van der Waals surface area (Å²) in [5, 5.41) is 13.8. The lowest BCUT2D eigenvalue weighted by atomic mass is 9.98. The Morgan fingerprint density at radius 2 is 2.05 bits per heavy atom. The second-order valence-corrected chi connectivity index (χ2v) is 5.17. The standard InChI is InChI=1S/C15H17N5O/c1-9-10(2)19-20-15(17-9)18-14(21)12-4-3-11-5-6-16-8-13(11)7-12/h3-4,7,16H,5-6,8H2,1-2H3,(H,17,18,20,21). The number of nitrogens with one attached hydrogen (secondary N) is 2. The van der Waals surface area contributed by atoms with Gasteiger partial charge in [0.05, 0.1) is 11.4 Å². The SMILES string of the molecule is Cc1nnc(NC(=O)c2ccc3c(c2)CNCC3)nc1C. The first-order valence-electron chi connectivity index (χ1n) is 6.95. The maximum Gasteiger partial charge on any atom is 0.258 e. The van der Waals surface area contributed by atoms with Crippen molar-refractivity contribution in [3.63, 3.8) is 0 Å². The fourth-order valence-electron chi connectivity index (χ4n) is 2.31. The summed E-state index contributed by atoms with van der Waals surface area (Å²) in [6.45, 7) is 5.46. The molecular formula is C15H17N5O. The first-order chi connectivity index (χ1) is 10.1. The van der Waals surface area contributed by atoms with Crippen LogP contribution in [0.15, 0.2) is 18.2 Å². The predicted octanol–water partition coefficient (Wildman–Crippen LogP) is 1.39. The molecule has 0 spiro atoms. The molecule has 0 radical (unpaired) electrons. The number of carbonyl (C=O) groups excluding carboxylic acids is 1. The Balaban J connectivity index is 1.80. The van der Waals surface area contributed by atoms with Gasteiger partial charge in [0, 0.05) is 12.1 Å². The Hall–Kier alpha value is -2.34. The molecule has 1 aliphatic heterocycles. The van der Waals surface area contributed by atoms with Gasteiger partial charge in [-0.25, -0.2) is 4.98 Å². The summed E-state index contributed by atoms with van der Waals surface area (Å²) in [6, 6.07) is 5.78. The highest BCUT2D eigenvalue weighted by Gasteiger charge is 2.13. The lowest BCUT2D eigenvalue weighted by molar-refractivity contribution is 0.102. The number of hydrogen-bond acceptors (Lipinski definition) is 5. The van der Waals surface area contributed by atoms with E-state index in [0.29, 0.717) is 5.56 Å². The van der Waals surface area contributed by atoms with Gasteiger partial charge in [0.2, 0.25) is 5.95 Å². The van der Waals surface area contributed by atoms with Crippen LogP contribution in [0.2, 0.25) is 0 Å². The minimum Gasteiger partial charge on any atom is -0.312 e. The molecule has 1 aromatic heterocycles. The van der Waals surface area contributed by atoms with Crippen LogP contribution in [0.3, 0.4) is 0 Å². The van der Waals surface area contributed by atoms with Crippen molar-refractivity contribution in [3.8, 4) is 0 Å². The number of amides is 1. The molecule has 0 unspecified atom stereocenters. The number of aryl methyl sites for hydroxylation is 2. The summed E-state index contributed by atoms with van der Waals surface area (Å²) >= 11 is 0. The zero-order chi connectivity index (χ0) is 14.8. The average Bonchev–Trinajstić information content (AvgIpc) is 2.50. The Labute approximate surface area is 123 Å². The minimum atomic E-state index is -0.214. The molecule has 0 bridgehead atoms. The van der Waals surface area contributed by atoms with Crippen LogP contribution in [0.1, 0.15) is 32.9 Å². The van der Waals surface area contributed by atoms with Crippen LogP contribution in [-0.2, 0) is 13.0 Å². The third-order valence-corrected chi connectivity index (χ3v) is 3.67. The number of hydrogen-bond donors (Lipinski definition) is 2. The Morgan fingerprint density at radius 1 is 1.19 bits per heavy atom. The second kappa shape index (κ2) is 5.57. The minimum absolute atomic E-state index is 0.214. The van der Waals surface area contributed by atoms with E-state index >= 15 is 0 Å². The van der Waals surface area contributed by atoms with Crippen LogP contribution >= 0.6 is 0 Å². The molecule has 0 atom stereocenters. The van der Waals surface area contributed by atoms with Crippen molar-refractivity contribution in [2.75, 3.05) is 11.9 Å². The van der Waals surface area contributed by atoms with E-state index in [1.807, 2.05) is 32.0 Å². The Bertz CT molecular complexity index is 698. The molecule has 0 saturated heterocycles. The second-order valence-electron chi connectivity index (χ2n) is 5.17. The molecule has 2 N–H and O–H groups in total. The van der Waals surface area contributed by atoms with E-state index < -0.39 is 0 Å². The number of nitrogens with zero attached hydrogens (tertiary/aromatic N) is 3. The topological polar surface area (TPSA) is 79.8 Å². The van der Waals surface area contributed by atoms with Gasteiger partial charge < -0.3 is 5.32 Å². The number of benzene rings is 1. The smallest absolute Gasteiger partial charge is 0.258 e. The molecule has 3 rings (SSSR count). The molecule has 21 heavy (non-hydrogen) atoms. The van der Waals surface area contributed by atoms with Gasteiger partial charge in [-0.15, -0.1) is 5.10 Å². The molecule has 6 heteroatoms. The van der Waals surface area contributed by atoms with Crippen LogP contribution in [0.25, 0.3) is 0 Å². The summed E-state index contributed by atoms with van der Waals surface area (Å²) in [5.74, 6) is 0.0207. The van der Waals surface area contributed by atoms with Crippen molar-refractivity contribution in [1.82, 2.24) is 20.5 Å². The van der Waals surface area contributed by atoms with Crippen molar-refractivity contribution < 1.29 is 4.79 Å². The third kappa shape index (κ3) is 2.90. The average molecular weight is 283 g/mol. The van der Waals surface area contributed by atoms with Crippen LogP contribution < -0.4 is 10.6 Å². The number of aromatic nitrogens is 3. The highest BCUT2D eigenvalue weighted by atomic mass is 16.1. The third-order valence-electron chi connectivity index (χ3n) is 3.67. The molecule has 2 aromatic rings. The van der Waals surface area contributed by atoms with Crippen LogP contribution in [0.4, 0.5) is 5.95 Å². The van der Waals surface area contributed by atoms with Gasteiger partial charge in [-0.2, -0.15) is 5.10 Å². The largest absolute Gasteiger partial charge is 0.312 e. The van der Waals surface area contributed by atoms with E-state index in [1.165, 1.54) is 11.1 Å². The fourth-order valence-corrected chi connectivity index (χ4v) is 2.31. The lowest BCUT2D eigenvalue weighted by Gasteiger charge is -2.17. The van der Waals surface area contributed by atoms with Gasteiger partial charge in [0.1, 0.15) is 0 Å². The predicted molar refractivity (Wildman–Crippen MR) is 79.1 cm³/mol. The van der Waals surface area contributed by atoms with Crippen molar-refractivity contribution in [3.05, 3.63) is 46.3 Å². The van der Waals surface area contributed by atoms with Crippen LogP contribution in [0, 0.1) is 13.8 Å². The zero-order valence-electron chi connectivity index (χ0n) is 12.1. The molecule has 0 saturated carbocycles. The van der Waals surface area contributed by atoms with E-state index in [9.17, 15) is 4.79 Å². The first kappa shape index (κ1) is 13.6. The van der Waals surface area contributed by atoms with Gasteiger partial charge >= 0.3 is 0 Å². The summed E-state index contributed by atoms with van der Waals surface area (Å²) in [7, 11) is 0. The van der Waals surface area contributed by atoms with Crippen molar-refractivity contribution >= 4 is 11.9 Å². The summed E-state index contributed by atoms with van der Waals surface area (Å²) < 4.78 is 0. The number of fused-ring (bicyclic) bond motifs is 1. The molecule has 1 aromatic carbocycles. The van der Waals surface area contributed by atoms with Gasteiger partial charge in [-0.3, -0.25) is 10.1 Å². The van der Waals surface area contributed by atoms with Crippen molar-refractivity contribution in [2.45, 2.75) is 26.8 Å². The van der Waals surface area contributed by atoms with Crippen molar-refractivity contribution in [2.24, 2.45) is 0 Å². The molecule has 2 heterocycles. The lowest BCUT2D eigenvalue weighted by Crippen LogP contribution is -2.24. The van der Waals surface area contributed by atoms with Gasteiger partial charge in [-0.1, -0.05) is 6.07 Å². The molecule has 1 aliphatic rings. The molecule has 6 nitrogen and oxygen atoms in total.